The topological polar surface area (TPSA) is 77.2 Å². The maximum atomic E-state index is 12.3. The van der Waals surface area contributed by atoms with E-state index < -0.39 is 0 Å². The lowest BCUT2D eigenvalue weighted by Gasteiger charge is -2.07. The molecule has 2 heterocycles. The van der Waals surface area contributed by atoms with E-state index in [1.54, 1.807) is 49.8 Å². The highest BCUT2D eigenvalue weighted by atomic mass is 16.5. The van der Waals surface area contributed by atoms with Crippen LogP contribution in [-0.4, -0.2) is 23.0 Å². The van der Waals surface area contributed by atoms with Gasteiger partial charge in [-0.05, 0) is 35.9 Å². The number of nitrogens with one attached hydrogen (secondary N) is 1. The Bertz CT molecular complexity index is 1050. The molecule has 0 aliphatic carbocycles. The van der Waals surface area contributed by atoms with Crippen molar-refractivity contribution in [2.75, 3.05) is 7.11 Å². The van der Waals surface area contributed by atoms with Crippen molar-refractivity contribution in [1.82, 2.24) is 15.3 Å². The standard InChI is InChI=1S/C21H17N3O3/c1-26-17-4-2-3-16(11-17)20(25)23-12-14-5-7-15(8-6-14)21-24-18-13-22-10-9-19(18)27-21/h2-11,13H,12H2,1H3,(H,23,25). The first kappa shape index (κ1) is 16.8. The molecule has 4 rings (SSSR count). The quantitative estimate of drug-likeness (QED) is 0.586. The number of hydrogen-bond donors (Lipinski definition) is 1. The van der Waals surface area contributed by atoms with Gasteiger partial charge in [0.1, 0.15) is 11.3 Å². The first-order chi connectivity index (χ1) is 13.2. The van der Waals surface area contributed by atoms with Crippen LogP contribution in [0.1, 0.15) is 15.9 Å². The van der Waals surface area contributed by atoms with Crippen molar-refractivity contribution in [3.8, 4) is 17.2 Å². The lowest BCUT2D eigenvalue weighted by Crippen LogP contribution is -2.22. The number of carbonyl (C=O) groups is 1. The predicted octanol–water partition coefficient (Wildman–Crippen LogP) is 3.83. The highest BCUT2D eigenvalue weighted by Gasteiger charge is 2.09. The van der Waals surface area contributed by atoms with Gasteiger partial charge in [0.2, 0.25) is 5.89 Å². The molecule has 4 aromatic rings. The van der Waals surface area contributed by atoms with Gasteiger partial charge in [0, 0.05) is 29.9 Å². The van der Waals surface area contributed by atoms with E-state index in [-0.39, 0.29) is 5.91 Å². The van der Waals surface area contributed by atoms with Gasteiger partial charge in [0.15, 0.2) is 5.58 Å². The Balaban J connectivity index is 1.43. The Morgan fingerprint density at radius 3 is 2.78 bits per heavy atom. The van der Waals surface area contributed by atoms with Crippen LogP contribution >= 0.6 is 0 Å². The summed E-state index contributed by atoms with van der Waals surface area (Å²) in [5, 5.41) is 2.91. The molecule has 6 heteroatoms. The zero-order chi connectivity index (χ0) is 18.6. The van der Waals surface area contributed by atoms with Crippen LogP contribution in [0.4, 0.5) is 0 Å². The number of fused-ring (bicyclic) bond motifs is 1. The number of pyridine rings is 1. The third-order valence-corrected chi connectivity index (χ3v) is 4.18. The largest absolute Gasteiger partial charge is 0.497 e. The Kier molecular flexibility index (Phi) is 4.53. The van der Waals surface area contributed by atoms with E-state index in [4.69, 9.17) is 9.15 Å². The van der Waals surface area contributed by atoms with Gasteiger partial charge in [-0.15, -0.1) is 0 Å². The smallest absolute Gasteiger partial charge is 0.251 e. The Labute approximate surface area is 155 Å². The predicted molar refractivity (Wildman–Crippen MR) is 101 cm³/mol. The summed E-state index contributed by atoms with van der Waals surface area (Å²) in [6, 6.07) is 16.6. The number of nitrogens with zero attached hydrogens (tertiary/aromatic N) is 2. The van der Waals surface area contributed by atoms with E-state index in [1.807, 2.05) is 24.3 Å². The van der Waals surface area contributed by atoms with Gasteiger partial charge in [0.25, 0.3) is 5.91 Å². The number of hydrogen-bond acceptors (Lipinski definition) is 5. The molecule has 0 radical (unpaired) electrons. The lowest BCUT2D eigenvalue weighted by molar-refractivity contribution is 0.0950. The van der Waals surface area contributed by atoms with Crippen LogP contribution in [-0.2, 0) is 6.54 Å². The van der Waals surface area contributed by atoms with E-state index in [2.05, 4.69) is 15.3 Å². The highest BCUT2D eigenvalue weighted by Crippen LogP contribution is 2.23. The first-order valence-corrected chi connectivity index (χ1v) is 8.45. The van der Waals surface area contributed by atoms with E-state index in [0.717, 1.165) is 16.6 Å². The number of rotatable bonds is 5. The Morgan fingerprint density at radius 1 is 1.15 bits per heavy atom. The summed E-state index contributed by atoms with van der Waals surface area (Å²) >= 11 is 0. The lowest BCUT2D eigenvalue weighted by atomic mass is 10.1. The van der Waals surface area contributed by atoms with Gasteiger partial charge < -0.3 is 14.5 Å². The Morgan fingerprint density at radius 2 is 2.00 bits per heavy atom. The molecule has 0 spiro atoms. The van der Waals surface area contributed by atoms with Crippen molar-refractivity contribution in [3.63, 3.8) is 0 Å². The van der Waals surface area contributed by atoms with Crippen LogP contribution in [0.25, 0.3) is 22.6 Å². The van der Waals surface area contributed by atoms with E-state index in [1.165, 1.54) is 0 Å². The normalized spacial score (nSPS) is 10.7. The summed E-state index contributed by atoms with van der Waals surface area (Å²) < 4.78 is 10.9. The molecule has 0 saturated heterocycles. The number of amides is 1. The monoisotopic (exact) mass is 359 g/mol. The zero-order valence-electron chi connectivity index (χ0n) is 14.7. The van der Waals surface area contributed by atoms with Gasteiger partial charge in [-0.1, -0.05) is 18.2 Å². The number of ether oxygens (including phenoxy) is 1. The fourth-order valence-corrected chi connectivity index (χ4v) is 2.72. The molecular formula is C21H17N3O3. The maximum absolute atomic E-state index is 12.3. The van der Waals surface area contributed by atoms with Crippen LogP contribution in [0, 0.1) is 0 Å². The number of benzene rings is 2. The van der Waals surface area contributed by atoms with Gasteiger partial charge in [-0.25, -0.2) is 4.98 Å². The molecular weight excluding hydrogens is 342 g/mol. The van der Waals surface area contributed by atoms with Crippen molar-refractivity contribution in [2.45, 2.75) is 6.54 Å². The van der Waals surface area contributed by atoms with Crippen molar-refractivity contribution >= 4 is 17.0 Å². The van der Waals surface area contributed by atoms with E-state index in [0.29, 0.717) is 29.3 Å². The van der Waals surface area contributed by atoms with Crippen LogP contribution in [0.15, 0.2) is 71.4 Å². The van der Waals surface area contributed by atoms with Crippen molar-refractivity contribution in [2.24, 2.45) is 0 Å². The van der Waals surface area contributed by atoms with Crippen LogP contribution < -0.4 is 10.1 Å². The number of aromatic nitrogens is 2. The summed E-state index contributed by atoms with van der Waals surface area (Å²) in [6.45, 7) is 0.424. The second kappa shape index (κ2) is 7.29. The van der Waals surface area contributed by atoms with E-state index in [9.17, 15) is 4.79 Å². The molecule has 1 amide bonds. The number of methoxy groups -OCH3 is 1. The molecule has 0 fully saturated rings. The molecule has 0 bridgehead atoms. The van der Waals surface area contributed by atoms with Gasteiger partial charge in [0.05, 0.1) is 13.3 Å². The molecule has 27 heavy (non-hydrogen) atoms. The molecule has 2 aromatic carbocycles. The molecule has 134 valence electrons. The summed E-state index contributed by atoms with van der Waals surface area (Å²) in [4.78, 5) is 20.7. The third kappa shape index (κ3) is 3.64. The SMILES string of the molecule is COc1cccc(C(=O)NCc2ccc(-c3nc4cnccc4o3)cc2)c1. The molecule has 0 aliphatic heterocycles. The minimum atomic E-state index is -0.149. The van der Waals surface area contributed by atoms with Crippen LogP contribution in [0.2, 0.25) is 0 Å². The summed E-state index contributed by atoms with van der Waals surface area (Å²) in [5.74, 6) is 1.05. The minimum Gasteiger partial charge on any atom is -0.497 e. The minimum absolute atomic E-state index is 0.149. The summed E-state index contributed by atoms with van der Waals surface area (Å²) in [6.07, 6.45) is 3.34. The second-order valence-electron chi connectivity index (χ2n) is 5.97. The zero-order valence-corrected chi connectivity index (χ0v) is 14.7. The first-order valence-electron chi connectivity index (χ1n) is 8.45. The van der Waals surface area contributed by atoms with Gasteiger partial charge >= 0.3 is 0 Å². The van der Waals surface area contributed by atoms with E-state index >= 15 is 0 Å². The van der Waals surface area contributed by atoms with Crippen molar-refractivity contribution < 1.29 is 13.9 Å². The molecule has 2 aromatic heterocycles. The van der Waals surface area contributed by atoms with Crippen molar-refractivity contribution in [1.29, 1.82) is 0 Å². The summed E-state index contributed by atoms with van der Waals surface area (Å²) in [7, 11) is 1.58. The third-order valence-electron chi connectivity index (χ3n) is 4.18. The maximum Gasteiger partial charge on any atom is 0.251 e. The number of oxazole rings is 1. The highest BCUT2D eigenvalue weighted by molar-refractivity contribution is 5.94. The molecule has 6 nitrogen and oxygen atoms in total. The average molecular weight is 359 g/mol. The molecule has 0 aliphatic rings. The van der Waals surface area contributed by atoms with Gasteiger partial charge in [-0.3, -0.25) is 9.78 Å². The fraction of sp³-hybridized carbons (Fsp3) is 0.0952. The van der Waals surface area contributed by atoms with Crippen molar-refractivity contribution in [3.05, 3.63) is 78.1 Å². The van der Waals surface area contributed by atoms with Gasteiger partial charge in [-0.2, -0.15) is 0 Å². The van der Waals surface area contributed by atoms with Crippen LogP contribution in [0.3, 0.4) is 0 Å². The Hall–Kier alpha value is -3.67. The summed E-state index contributed by atoms with van der Waals surface area (Å²) in [5.41, 5.74) is 3.84. The average Bonchev–Trinajstić information content (AvgIpc) is 3.16. The number of carbonyl (C=O) groups excluding carboxylic acids is 1. The molecule has 0 atom stereocenters. The second-order valence-corrected chi connectivity index (χ2v) is 5.97. The molecule has 0 unspecified atom stereocenters. The molecule has 1 N–H and O–H groups in total. The fourth-order valence-electron chi connectivity index (χ4n) is 2.72. The van der Waals surface area contributed by atoms with Crippen LogP contribution in [0.5, 0.6) is 5.75 Å². The molecule has 0 saturated carbocycles.